The van der Waals surface area contributed by atoms with Crippen molar-refractivity contribution < 1.29 is 9.90 Å². The van der Waals surface area contributed by atoms with E-state index in [-0.39, 0.29) is 12.5 Å². The minimum atomic E-state index is -0.432. The average Bonchev–Trinajstić information content (AvgIpc) is 2.03. The lowest BCUT2D eigenvalue weighted by atomic mass is 9.88. The van der Waals surface area contributed by atoms with Gasteiger partial charge >= 0.3 is 0 Å². The van der Waals surface area contributed by atoms with Gasteiger partial charge in [0.15, 0.2) is 0 Å². The fourth-order valence-corrected chi connectivity index (χ4v) is 1.34. The van der Waals surface area contributed by atoms with Crippen molar-refractivity contribution in [2.45, 2.75) is 33.6 Å². The third kappa shape index (κ3) is 3.77. The molecule has 0 aromatic heterocycles. The zero-order valence-electron chi connectivity index (χ0n) is 9.13. The second-order valence-electron chi connectivity index (χ2n) is 4.08. The first kappa shape index (κ1) is 12.4. The highest BCUT2D eigenvalue weighted by Crippen LogP contribution is 2.22. The molecule has 3 heteroatoms. The van der Waals surface area contributed by atoms with E-state index < -0.39 is 5.41 Å². The van der Waals surface area contributed by atoms with Crippen LogP contribution in [0, 0.1) is 5.41 Å². The smallest absolute Gasteiger partial charge is 0.228 e. The third-order valence-electron chi connectivity index (χ3n) is 2.22. The Balaban J connectivity index is 4.21. The van der Waals surface area contributed by atoms with Gasteiger partial charge in [0.2, 0.25) is 5.91 Å². The Hall–Kier alpha value is -0.570. The minimum absolute atomic E-state index is 0.0682. The Morgan fingerprint density at radius 1 is 1.46 bits per heavy atom. The van der Waals surface area contributed by atoms with E-state index in [9.17, 15) is 4.79 Å². The van der Waals surface area contributed by atoms with Gasteiger partial charge in [-0.2, -0.15) is 0 Å². The van der Waals surface area contributed by atoms with Crippen LogP contribution < -0.4 is 0 Å². The molecular weight excluding hydrogens is 166 g/mol. The number of nitrogens with zero attached hydrogens (tertiary/aromatic N) is 1. The van der Waals surface area contributed by atoms with Crippen LogP contribution in [0.4, 0.5) is 0 Å². The van der Waals surface area contributed by atoms with Crippen molar-refractivity contribution >= 4 is 5.91 Å². The molecule has 0 unspecified atom stereocenters. The van der Waals surface area contributed by atoms with Crippen LogP contribution >= 0.6 is 0 Å². The summed E-state index contributed by atoms with van der Waals surface area (Å²) in [5.74, 6) is 0.114. The van der Waals surface area contributed by atoms with Crippen molar-refractivity contribution in [2.75, 3.05) is 20.2 Å². The highest BCUT2D eigenvalue weighted by Gasteiger charge is 2.29. The first-order valence-corrected chi connectivity index (χ1v) is 4.82. The van der Waals surface area contributed by atoms with Gasteiger partial charge in [-0.3, -0.25) is 4.79 Å². The van der Waals surface area contributed by atoms with Crippen LogP contribution in [0.3, 0.4) is 0 Å². The number of carbonyl (C=O) groups is 1. The lowest BCUT2D eigenvalue weighted by molar-refractivity contribution is -0.139. The highest BCUT2D eigenvalue weighted by molar-refractivity contribution is 5.81. The van der Waals surface area contributed by atoms with Gasteiger partial charge in [-0.05, 0) is 12.8 Å². The van der Waals surface area contributed by atoms with Gasteiger partial charge < -0.3 is 10.0 Å². The van der Waals surface area contributed by atoms with Gasteiger partial charge in [-0.1, -0.05) is 20.8 Å². The van der Waals surface area contributed by atoms with Crippen molar-refractivity contribution in [3.05, 3.63) is 0 Å². The predicted octanol–water partition coefficient (Wildman–Crippen LogP) is 1.26. The number of amides is 1. The number of aliphatic hydroxyl groups is 1. The van der Waals surface area contributed by atoms with Crippen molar-refractivity contribution in [3.8, 4) is 0 Å². The quantitative estimate of drug-likeness (QED) is 0.704. The Morgan fingerprint density at radius 3 is 2.38 bits per heavy atom. The summed E-state index contributed by atoms with van der Waals surface area (Å²) in [4.78, 5) is 13.5. The highest BCUT2D eigenvalue weighted by atomic mass is 16.3. The molecule has 13 heavy (non-hydrogen) atoms. The summed E-state index contributed by atoms with van der Waals surface area (Å²) in [7, 11) is 1.81. The van der Waals surface area contributed by atoms with E-state index in [1.807, 2.05) is 27.8 Å². The van der Waals surface area contributed by atoms with E-state index in [0.717, 1.165) is 13.0 Å². The molecule has 3 nitrogen and oxygen atoms in total. The van der Waals surface area contributed by atoms with Gasteiger partial charge in [0, 0.05) is 25.6 Å². The predicted molar refractivity (Wildman–Crippen MR) is 53.4 cm³/mol. The lowest BCUT2D eigenvalue weighted by Gasteiger charge is -2.28. The third-order valence-corrected chi connectivity index (χ3v) is 2.22. The summed E-state index contributed by atoms with van der Waals surface area (Å²) in [6.07, 6.45) is 1.50. The van der Waals surface area contributed by atoms with Gasteiger partial charge in [0.1, 0.15) is 0 Å². The first-order chi connectivity index (χ1) is 5.95. The fraction of sp³-hybridized carbons (Fsp3) is 0.900. The Kier molecular flexibility index (Phi) is 4.99. The molecule has 1 N–H and O–H groups in total. The van der Waals surface area contributed by atoms with E-state index in [0.29, 0.717) is 6.42 Å². The molecule has 0 atom stereocenters. The molecule has 78 valence electrons. The van der Waals surface area contributed by atoms with Crippen LogP contribution in [0.5, 0.6) is 0 Å². The summed E-state index contributed by atoms with van der Waals surface area (Å²) < 4.78 is 0. The molecule has 0 aliphatic rings. The number of carbonyl (C=O) groups excluding carboxylic acids is 1. The van der Waals surface area contributed by atoms with E-state index >= 15 is 0 Å². The molecule has 0 aliphatic carbocycles. The molecular formula is C10H21NO2. The molecule has 0 saturated carbocycles. The molecule has 0 aromatic carbocycles. The maximum atomic E-state index is 11.8. The topological polar surface area (TPSA) is 40.5 Å². The van der Waals surface area contributed by atoms with Crippen molar-refractivity contribution in [1.82, 2.24) is 4.90 Å². The van der Waals surface area contributed by atoms with Gasteiger partial charge in [-0.25, -0.2) is 0 Å². The SMILES string of the molecule is CCCN(C)C(=O)C(C)(C)CCO. The molecule has 0 heterocycles. The Labute approximate surface area is 80.7 Å². The molecule has 0 fully saturated rings. The normalized spacial score (nSPS) is 11.5. The van der Waals surface area contributed by atoms with Gasteiger partial charge in [0.25, 0.3) is 0 Å². The molecule has 0 radical (unpaired) electrons. The number of rotatable bonds is 5. The Morgan fingerprint density at radius 2 is 2.00 bits per heavy atom. The van der Waals surface area contributed by atoms with Crippen molar-refractivity contribution in [1.29, 1.82) is 0 Å². The monoisotopic (exact) mass is 187 g/mol. The maximum absolute atomic E-state index is 11.8. The molecule has 0 bridgehead atoms. The van der Waals surface area contributed by atoms with E-state index in [1.54, 1.807) is 4.90 Å². The van der Waals surface area contributed by atoms with E-state index in [2.05, 4.69) is 0 Å². The number of hydrogen-bond acceptors (Lipinski definition) is 2. The largest absolute Gasteiger partial charge is 0.396 e. The summed E-state index contributed by atoms with van der Waals surface area (Å²) in [5, 5.41) is 8.79. The van der Waals surface area contributed by atoms with Gasteiger partial charge in [-0.15, -0.1) is 0 Å². The summed E-state index contributed by atoms with van der Waals surface area (Å²) >= 11 is 0. The fourth-order valence-electron chi connectivity index (χ4n) is 1.34. The number of hydrogen-bond donors (Lipinski definition) is 1. The summed E-state index contributed by atoms with van der Waals surface area (Å²) in [5.41, 5.74) is -0.432. The standard InChI is InChI=1S/C10H21NO2/c1-5-7-11(4)9(13)10(2,3)6-8-12/h12H,5-8H2,1-4H3. The lowest BCUT2D eigenvalue weighted by Crippen LogP contribution is -2.39. The van der Waals surface area contributed by atoms with Gasteiger partial charge in [0.05, 0.1) is 0 Å². The minimum Gasteiger partial charge on any atom is -0.396 e. The van der Waals surface area contributed by atoms with E-state index in [4.69, 9.17) is 5.11 Å². The summed E-state index contributed by atoms with van der Waals surface area (Å²) in [6.45, 7) is 6.64. The second-order valence-corrected chi connectivity index (χ2v) is 4.08. The van der Waals surface area contributed by atoms with Crippen LogP contribution in [0.15, 0.2) is 0 Å². The van der Waals surface area contributed by atoms with Crippen LogP contribution in [-0.2, 0) is 4.79 Å². The molecule has 0 aliphatic heterocycles. The van der Waals surface area contributed by atoms with Crippen LogP contribution in [0.25, 0.3) is 0 Å². The average molecular weight is 187 g/mol. The maximum Gasteiger partial charge on any atom is 0.228 e. The van der Waals surface area contributed by atoms with E-state index in [1.165, 1.54) is 0 Å². The first-order valence-electron chi connectivity index (χ1n) is 4.82. The zero-order chi connectivity index (χ0) is 10.5. The van der Waals surface area contributed by atoms with Crippen LogP contribution in [0.1, 0.15) is 33.6 Å². The second kappa shape index (κ2) is 5.22. The zero-order valence-corrected chi connectivity index (χ0v) is 9.13. The molecule has 0 saturated heterocycles. The molecule has 1 amide bonds. The summed E-state index contributed by atoms with van der Waals surface area (Å²) in [6, 6.07) is 0. The molecule has 0 rings (SSSR count). The molecule has 0 spiro atoms. The Bertz CT molecular complexity index is 166. The van der Waals surface area contributed by atoms with Crippen molar-refractivity contribution in [3.63, 3.8) is 0 Å². The number of aliphatic hydroxyl groups excluding tert-OH is 1. The van der Waals surface area contributed by atoms with Crippen LogP contribution in [-0.4, -0.2) is 36.1 Å². The molecule has 0 aromatic rings. The van der Waals surface area contributed by atoms with Crippen LogP contribution in [0.2, 0.25) is 0 Å². The van der Waals surface area contributed by atoms with Crippen molar-refractivity contribution in [2.24, 2.45) is 5.41 Å².